The van der Waals surface area contributed by atoms with Crippen molar-refractivity contribution in [2.45, 2.75) is 157 Å². The monoisotopic (exact) mass is 650 g/mol. The predicted molar refractivity (Wildman–Crippen MR) is 205 cm³/mol. The first-order valence-corrected chi connectivity index (χ1v) is 17.6. The van der Waals surface area contributed by atoms with Crippen LogP contribution in [0.15, 0.2) is 54.6 Å². The van der Waals surface area contributed by atoms with Crippen molar-refractivity contribution in [1.82, 2.24) is 0 Å². The molecule has 3 N–H and O–H groups in total. The molecule has 0 aromatic heterocycles. The second kappa shape index (κ2) is 14.8. The van der Waals surface area contributed by atoms with Crippen molar-refractivity contribution in [3.8, 4) is 11.5 Å². The first-order valence-electron chi connectivity index (χ1n) is 16.6. The van der Waals surface area contributed by atoms with E-state index in [4.69, 9.17) is 0 Å². The van der Waals surface area contributed by atoms with E-state index in [1.165, 1.54) is 22.3 Å². The van der Waals surface area contributed by atoms with Crippen LogP contribution in [0.1, 0.15) is 158 Å². The zero-order valence-electron chi connectivity index (χ0n) is 32.5. The van der Waals surface area contributed by atoms with Crippen molar-refractivity contribution in [3.05, 3.63) is 88.0 Å². The van der Waals surface area contributed by atoms with Crippen LogP contribution in [0.3, 0.4) is 0 Å². The molecule has 0 amide bonds. The number of benzene rings is 3. The zero-order chi connectivity index (χ0) is 36.3. The van der Waals surface area contributed by atoms with Gasteiger partial charge >= 0.3 is 0 Å². The van der Waals surface area contributed by atoms with Gasteiger partial charge in [0.2, 0.25) is 0 Å². The Kier molecular flexibility index (Phi) is 13.4. The molecule has 0 aliphatic rings. The normalized spacial score (nSPS) is 13.2. The van der Waals surface area contributed by atoms with Gasteiger partial charge in [-0.05, 0) is 78.0 Å². The highest BCUT2D eigenvalue weighted by atomic mass is 31.1. The topological polar surface area (TPSA) is 60.7 Å². The molecule has 0 aliphatic heterocycles. The summed E-state index contributed by atoms with van der Waals surface area (Å²) in [6, 6.07) is 18.3. The second-order valence-corrected chi connectivity index (χ2v) is 19.6. The Morgan fingerprint density at radius 2 is 0.630 bits per heavy atom. The number of phenols is 2. The molecule has 0 spiro atoms. The average molecular weight is 651 g/mol. The summed E-state index contributed by atoms with van der Waals surface area (Å²) < 4.78 is 0. The molecule has 4 heteroatoms. The van der Waals surface area contributed by atoms with Crippen molar-refractivity contribution in [1.29, 1.82) is 0 Å². The van der Waals surface area contributed by atoms with E-state index < -0.39 is 0 Å². The van der Waals surface area contributed by atoms with Crippen LogP contribution >= 0.6 is 8.81 Å². The third-order valence-corrected chi connectivity index (χ3v) is 8.83. The standard InChI is InChI=1S/C14H23OP.2C14H22O/c1-13(2,3)10-7-8-12(16-15)11(9-10)14(4,5)6;2*1-13(2,3)10-7-8-12(15)11(9-10)14(4,5)6/h7-9,15-16H,1-6H3;2*7-9,15H,1-6H3. The summed E-state index contributed by atoms with van der Waals surface area (Å²) in [6.45, 7) is 39.1. The Hall–Kier alpha value is -2.35. The maximum Gasteiger partial charge on any atom is 0.119 e. The van der Waals surface area contributed by atoms with Crippen LogP contribution in [-0.2, 0) is 32.5 Å². The molecule has 0 aliphatic carbocycles. The fraction of sp³-hybridized carbons (Fsp3) is 0.571. The Bertz CT molecular complexity index is 1350. The summed E-state index contributed by atoms with van der Waals surface area (Å²) in [5.74, 6) is 0.797. The maximum absolute atomic E-state index is 9.84. The van der Waals surface area contributed by atoms with E-state index >= 15 is 0 Å². The minimum absolute atomic E-state index is 0.00859. The summed E-state index contributed by atoms with van der Waals surface area (Å²) in [5.41, 5.74) is 7.68. The minimum atomic E-state index is -0.118. The van der Waals surface area contributed by atoms with E-state index in [1.54, 1.807) is 12.1 Å². The van der Waals surface area contributed by atoms with Gasteiger partial charge in [0.1, 0.15) is 11.5 Å². The molecule has 0 fully saturated rings. The van der Waals surface area contributed by atoms with Gasteiger partial charge in [-0.3, -0.25) is 0 Å². The molecule has 46 heavy (non-hydrogen) atoms. The Labute approximate surface area is 285 Å². The molecule has 3 aromatic rings. The molecule has 0 bridgehead atoms. The van der Waals surface area contributed by atoms with E-state index in [9.17, 15) is 15.1 Å². The van der Waals surface area contributed by atoms with Gasteiger partial charge in [0.25, 0.3) is 0 Å². The summed E-state index contributed by atoms with van der Waals surface area (Å²) in [7, 11) is -0.118. The Morgan fingerprint density at radius 1 is 0.370 bits per heavy atom. The van der Waals surface area contributed by atoms with Gasteiger partial charge in [-0.15, -0.1) is 0 Å². The van der Waals surface area contributed by atoms with Crippen LogP contribution < -0.4 is 5.30 Å². The van der Waals surface area contributed by atoms with Crippen molar-refractivity contribution in [3.63, 3.8) is 0 Å². The van der Waals surface area contributed by atoms with E-state index in [0.717, 1.165) is 16.4 Å². The summed E-state index contributed by atoms with van der Waals surface area (Å²) >= 11 is 0. The number of hydrogen-bond donors (Lipinski definition) is 3. The molecule has 3 aromatic carbocycles. The highest BCUT2D eigenvalue weighted by Gasteiger charge is 2.24. The Balaban J connectivity index is 0.000000345. The molecule has 0 heterocycles. The number of phenolic OH excluding ortho intramolecular Hbond substituents is 2. The maximum atomic E-state index is 9.84. The van der Waals surface area contributed by atoms with Crippen molar-refractivity contribution in [2.24, 2.45) is 0 Å². The first-order chi connectivity index (χ1) is 20.4. The van der Waals surface area contributed by atoms with Gasteiger partial charge in [-0.25, -0.2) is 0 Å². The molecule has 258 valence electrons. The van der Waals surface area contributed by atoms with Gasteiger partial charge < -0.3 is 15.1 Å². The third kappa shape index (κ3) is 12.4. The molecule has 3 nitrogen and oxygen atoms in total. The number of aromatic hydroxyl groups is 2. The highest BCUT2D eigenvalue weighted by molar-refractivity contribution is 7.41. The first kappa shape index (κ1) is 41.7. The quantitative estimate of drug-likeness (QED) is 0.230. The second-order valence-electron chi connectivity index (χ2n) is 18.8. The van der Waals surface area contributed by atoms with E-state index in [1.807, 2.05) is 12.1 Å². The van der Waals surface area contributed by atoms with Crippen LogP contribution in [0.5, 0.6) is 11.5 Å². The van der Waals surface area contributed by atoms with E-state index in [-0.39, 0.29) is 41.3 Å². The molecule has 0 radical (unpaired) electrons. The molecular weight excluding hydrogens is 583 g/mol. The molecule has 1 unspecified atom stereocenters. The largest absolute Gasteiger partial charge is 0.508 e. The summed E-state index contributed by atoms with van der Waals surface area (Å²) in [4.78, 5) is 9.40. The van der Waals surface area contributed by atoms with Gasteiger partial charge in [0, 0.05) is 14.1 Å². The minimum Gasteiger partial charge on any atom is -0.508 e. The van der Waals surface area contributed by atoms with Crippen LogP contribution in [-0.4, -0.2) is 15.1 Å². The van der Waals surface area contributed by atoms with Gasteiger partial charge in [-0.1, -0.05) is 167 Å². The van der Waals surface area contributed by atoms with Crippen LogP contribution in [0, 0.1) is 0 Å². The molecule has 0 saturated carbocycles. The lowest BCUT2D eigenvalue weighted by Gasteiger charge is -2.26. The smallest absolute Gasteiger partial charge is 0.119 e. The van der Waals surface area contributed by atoms with Gasteiger partial charge in [0.15, 0.2) is 0 Å². The highest BCUT2D eigenvalue weighted by Crippen LogP contribution is 2.36. The van der Waals surface area contributed by atoms with Crippen LogP contribution in [0.4, 0.5) is 0 Å². The van der Waals surface area contributed by atoms with E-state index in [0.29, 0.717) is 11.5 Å². The van der Waals surface area contributed by atoms with Crippen molar-refractivity contribution < 1.29 is 15.1 Å². The zero-order valence-corrected chi connectivity index (χ0v) is 33.5. The molecule has 0 saturated heterocycles. The molecule has 1 atom stereocenters. The summed E-state index contributed by atoms with van der Waals surface area (Å²) in [6.07, 6.45) is 0. The predicted octanol–water partition coefficient (Wildman–Crippen LogP) is 11.5. The lowest BCUT2D eigenvalue weighted by molar-refractivity contribution is 0.444. The van der Waals surface area contributed by atoms with Crippen molar-refractivity contribution in [2.75, 3.05) is 0 Å². The van der Waals surface area contributed by atoms with E-state index in [2.05, 4.69) is 155 Å². The van der Waals surface area contributed by atoms with Crippen LogP contribution in [0.25, 0.3) is 0 Å². The lowest BCUT2D eigenvalue weighted by atomic mass is 9.80. The van der Waals surface area contributed by atoms with Gasteiger partial charge in [0.05, 0.1) is 0 Å². The van der Waals surface area contributed by atoms with Crippen molar-refractivity contribution >= 4 is 14.1 Å². The number of rotatable bonds is 1. The SMILES string of the molecule is CC(C)(C)c1ccc(O)c(C(C)(C)C)c1.CC(C)(C)c1ccc(O)c(C(C)(C)C)c1.CC(C)(C)c1ccc(PO)c(C(C)(C)C)c1. The number of hydrogen-bond acceptors (Lipinski definition) is 3. The lowest BCUT2D eigenvalue weighted by Crippen LogP contribution is -2.22. The summed E-state index contributed by atoms with van der Waals surface area (Å²) in [5, 5.41) is 20.7. The molecule has 3 rings (SSSR count). The third-order valence-electron chi connectivity index (χ3n) is 8.16. The fourth-order valence-corrected chi connectivity index (χ4v) is 5.66. The average Bonchev–Trinajstić information content (AvgIpc) is 2.85. The Morgan fingerprint density at radius 3 is 0.870 bits per heavy atom. The van der Waals surface area contributed by atoms with Gasteiger partial charge in [-0.2, -0.15) is 0 Å². The molecular formula is C42H67O3P. The fourth-order valence-electron chi connectivity index (χ4n) is 4.94. The van der Waals surface area contributed by atoms with Crippen LogP contribution in [0.2, 0.25) is 0 Å².